The summed E-state index contributed by atoms with van der Waals surface area (Å²) in [6.45, 7) is 4.19. The van der Waals surface area contributed by atoms with Crippen LogP contribution < -0.4 is 5.32 Å². The summed E-state index contributed by atoms with van der Waals surface area (Å²) in [5, 5.41) is 24.6. The quantitative estimate of drug-likeness (QED) is 0.676. The lowest BCUT2D eigenvalue weighted by Gasteiger charge is -2.34. The van der Waals surface area contributed by atoms with E-state index in [1.807, 2.05) is 0 Å². The van der Waals surface area contributed by atoms with Crippen molar-refractivity contribution in [3.8, 4) is 0 Å². The van der Waals surface area contributed by atoms with Crippen LogP contribution in [0.3, 0.4) is 0 Å². The largest absolute Gasteiger partial charge is 0.349 e. The predicted molar refractivity (Wildman–Crippen MR) is 83.2 cm³/mol. The molecule has 0 spiro atoms. The molecule has 1 fully saturated rings. The Morgan fingerprint density at radius 1 is 1.09 bits per heavy atom. The van der Waals surface area contributed by atoms with Crippen LogP contribution in [0.2, 0.25) is 0 Å². The first-order valence-electron chi connectivity index (χ1n) is 7.54. The number of rotatable bonds is 4. The van der Waals surface area contributed by atoms with Crippen LogP contribution in [0.1, 0.15) is 43.5 Å². The smallest absolute Gasteiger partial charge is 0.277 e. The normalized spacial score (nSPS) is 24.0. The summed E-state index contributed by atoms with van der Waals surface area (Å²) in [4.78, 5) is 32.7. The molecule has 3 unspecified atom stereocenters. The Morgan fingerprint density at radius 2 is 1.65 bits per heavy atom. The van der Waals surface area contributed by atoms with Gasteiger partial charge in [-0.05, 0) is 18.3 Å². The molecule has 1 aromatic carbocycles. The first-order valence-corrected chi connectivity index (χ1v) is 7.54. The number of hydrogen-bond donors (Lipinski definition) is 1. The van der Waals surface area contributed by atoms with Crippen LogP contribution in [0.15, 0.2) is 18.2 Å². The van der Waals surface area contributed by atoms with E-state index in [0.717, 1.165) is 37.5 Å². The van der Waals surface area contributed by atoms with Gasteiger partial charge in [0.15, 0.2) is 0 Å². The van der Waals surface area contributed by atoms with Gasteiger partial charge in [-0.2, -0.15) is 0 Å². The lowest BCUT2D eigenvalue weighted by atomic mass is 9.78. The zero-order valence-corrected chi connectivity index (χ0v) is 13.0. The Kier molecular flexibility index (Phi) is 4.92. The number of nitrogens with one attached hydrogen (secondary N) is 1. The minimum absolute atomic E-state index is 0.0235. The molecule has 0 aliphatic heterocycles. The second-order valence-electron chi connectivity index (χ2n) is 6.10. The van der Waals surface area contributed by atoms with Gasteiger partial charge in [-0.3, -0.25) is 25.0 Å². The van der Waals surface area contributed by atoms with E-state index >= 15 is 0 Å². The van der Waals surface area contributed by atoms with Crippen molar-refractivity contribution in [1.82, 2.24) is 5.32 Å². The lowest BCUT2D eigenvalue weighted by molar-refractivity contribution is -0.394. The van der Waals surface area contributed by atoms with Gasteiger partial charge in [0.1, 0.15) is 0 Å². The van der Waals surface area contributed by atoms with Crippen LogP contribution in [0.25, 0.3) is 0 Å². The molecule has 1 aliphatic rings. The highest BCUT2D eigenvalue weighted by Crippen LogP contribution is 2.30. The molecule has 0 radical (unpaired) electrons. The summed E-state index contributed by atoms with van der Waals surface area (Å²) in [6, 6.07) is 2.96. The van der Waals surface area contributed by atoms with Gasteiger partial charge in [0.25, 0.3) is 17.3 Å². The van der Waals surface area contributed by atoms with E-state index in [4.69, 9.17) is 0 Å². The Hall–Kier alpha value is -2.51. The molecule has 0 saturated heterocycles. The second-order valence-corrected chi connectivity index (χ2v) is 6.10. The number of carbonyl (C=O) groups is 1. The molecule has 0 bridgehead atoms. The van der Waals surface area contributed by atoms with Crippen molar-refractivity contribution in [2.75, 3.05) is 0 Å². The van der Waals surface area contributed by atoms with E-state index < -0.39 is 27.1 Å². The molecule has 8 heteroatoms. The molecular weight excluding hydrogens is 302 g/mol. The van der Waals surface area contributed by atoms with Gasteiger partial charge in [-0.15, -0.1) is 0 Å². The van der Waals surface area contributed by atoms with Gasteiger partial charge in [0.2, 0.25) is 0 Å². The molecule has 1 aliphatic carbocycles. The number of nitro benzene ring substituents is 2. The minimum atomic E-state index is -0.741. The zero-order chi connectivity index (χ0) is 17.1. The first-order chi connectivity index (χ1) is 10.8. The number of benzene rings is 1. The Labute approximate surface area is 133 Å². The molecule has 8 nitrogen and oxygen atoms in total. The molecule has 0 heterocycles. The van der Waals surface area contributed by atoms with Crippen molar-refractivity contribution in [1.29, 1.82) is 0 Å². The topological polar surface area (TPSA) is 115 Å². The Bertz CT molecular complexity index is 614. The molecule has 1 amide bonds. The third kappa shape index (κ3) is 3.82. The fourth-order valence-electron chi connectivity index (χ4n) is 2.97. The maximum atomic E-state index is 12.4. The number of non-ortho nitro benzene ring substituents is 2. The number of nitrogens with zero attached hydrogens (tertiary/aromatic N) is 2. The number of amides is 1. The average molecular weight is 321 g/mol. The van der Waals surface area contributed by atoms with Crippen LogP contribution >= 0.6 is 0 Å². The van der Waals surface area contributed by atoms with Gasteiger partial charge in [-0.1, -0.05) is 26.7 Å². The number of nitro groups is 2. The van der Waals surface area contributed by atoms with E-state index in [0.29, 0.717) is 11.8 Å². The molecule has 3 atom stereocenters. The fraction of sp³-hybridized carbons (Fsp3) is 0.533. The SMILES string of the molecule is CC1CCCC(NC(=O)c2cc([N+](=O)[O-])cc([N+](=O)[O-])c2)C1C. The third-order valence-corrected chi connectivity index (χ3v) is 4.61. The van der Waals surface area contributed by atoms with E-state index in [1.165, 1.54) is 0 Å². The Balaban J connectivity index is 2.24. The summed E-state index contributed by atoms with van der Waals surface area (Å²) >= 11 is 0. The van der Waals surface area contributed by atoms with Gasteiger partial charge in [-0.25, -0.2) is 0 Å². The Morgan fingerprint density at radius 3 is 2.17 bits per heavy atom. The molecule has 23 heavy (non-hydrogen) atoms. The molecule has 0 aromatic heterocycles. The summed E-state index contributed by atoms with van der Waals surface area (Å²) in [7, 11) is 0. The highest BCUT2D eigenvalue weighted by Gasteiger charge is 2.29. The van der Waals surface area contributed by atoms with Crippen LogP contribution in [0.4, 0.5) is 11.4 Å². The maximum absolute atomic E-state index is 12.4. The minimum Gasteiger partial charge on any atom is -0.349 e. The number of carbonyl (C=O) groups excluding carboxylic acids is 1. The van der Waals surface area contributed by atoms with Crippen molar-refractivity contribution in [2.45, 2.75) is 39.2 Å². The van der Waals surface area contributed by atoms with Crippen molar-refractivity contribution in [3.63, 3.8) is 0 Å². The van der Waals surface area contributed by atoms with Gasteiger partial charge < -0.3 is 5.32 Å². The second kappa shape index (κ2) is 6.72. The first kappa shape index (κ1) is 16.9. The molecule has 2 rings (SSSR count). The predicted octanol–water partition coefficient (Wildman–Crippen LogP) is 3.06. The van der Waals surface area contributed by atoms with Crippen LogP contribution in [0.5, 0.6) is 0 Å². The molecule has 1 saturated carbocycles. The van der Waals surface area contributed by atoms with E-state index in [-0.39, 0.29) is 11.6 Å². The monoisotopic (exact) mass is 321 g/mol. The maximum Gasteiger partial charge on any atom is 0.277 e. The van der Waals surface area contributed by atoms with Crippen molar-refractivity contribution in [2.24, 2.45) is 11.8 Å². The van der Waals surface area contributed by atoms with Crippen molar-refractivity contribution < 1.29 is 14.6 Å². The molecule has 1 aromatic rings. The molecule has 1 N–H and O–H groups in total. The van der Waals surface area contributed by atoms with E-state index in [1.54, 1.807) is 0 Å². The van der Waals surface area contributed by atoms with Crippen LogP contribution in [-0.2, 0) is 0 Å². The van der Waals surface area contributed by atoms with Gasteiger partial charge in [0, 0.05) is 18.2 Å². The van der Waals surface area contributed by atoms with E-state index in [9.17, 15) is 25.0 Å². The summed E-state index contributed by atoms with van der Waals surface area (Å²) < 4.78 is 0. The van der Waals surface area contributed by atoms with Gasteiger partial charge in [0.05, 0.1) is 21.5 Å². The van der Waals surface area contributed by atoms with E-state index in [2.05, 4.69) is 19.2 Å². The standard InChI is InChI=1S/C15H19N3O5/c1-9-4-3-5-14(10(9)2)16-15(19)11-6-12(17(20)21)8-13(7-11)18(22)23/h6-10,14H,3-5H2,1-2H3,(H,16,19). The highest BCUT2D eigenvalue weighted by atomic mass is 16.6. The highest BCUT2D eigenvalue weighted by molar-refractivity contribution is 5.95. The molecular formula is C15H19N3O5. The lowest BCUT2D eigenvalue weighted by Crippen LogP contribution is -2.43. The molecule has 124 valence electrons. The van der Waals surface area contributed by atoms with Crippen molar-refractivity contribution in [3.05, 3.63) is 44.0 Å². The summed E-state index contributed by atoms with van der Waals surface area (Å²) in [5.41, 5.74) is -0.986. The number of hydrogen-bond acceptors (Lipinski definition) is 5. The van der Waals surface area contributed by atoms with Crippen LogP contribution in [0, 0.1) is 32.1 Å². The van der Waals surface area contributed by atoms with Crippen LogP contribution in [-0.4, -0.2) is 21.8 Å². The zero-order valence-electron chi connectivity index (χ0n) is 13.0. The average Bonchev–Trinajstić information content (AvgIpc) is 2.51. The van der Waals surface area contributed by atoms with Gasteiger partial charge >= 0.3 is 0 Å². The summed E-state index contributed by atoms with van der Waals surface area (Å²) in [6.07, 6.45) is 2.95. The fourth-order valence-corrected chi connectivity index (χ4v) is 2.97. The third-order valence-electron chi connectivity index (χ3n) is 4.61. The van der Waals surface area contributed by atoms with Crippen molar-refractivity contribution >= 4 is 17.3 Å². The summed E-state index contributed by atoms with van der Waals surface area (Å²) in [5.74, 6) is 0.262.